The van der Waals surface area contributed by atoms with E-state index in [-0.39, 0.29) is 6.04 Å². The first-order valence-electron chi connectivity index (χ1n) is 7.22. The second-order valence-electron chi connectivity index (χ2n) is 6.38. The van der Waals surface area contributed by atoms with E-state index in [9.17, 15) is 4.79 Å². The van der Waals surface area contributed by atoms with Crippen LogP contribution in [0.2, 0.25) is 0 Å². The molecule has 0 fully saturated rings. The minimum absolute atomic E-state index is 0.00650. The molecule has 1 aromatic carbocycles. The first-order valence-corrected chi connectivity index (χ1v) is 7.22. The van der Waals surface area contributed by atoms with E-state index in [1.54, 1.807) is 0 Å². The van der Waals surface area contributed by atoms with E-state index >= 15 is 0 Å². The van der Waals surface area contributed by atoms with Crippen LogP contribution in [0.25, 0.3) is 0 Å². The number of hydrogen-bond donors (Lipinski definition) is 1. The number of carbonyl (C=O) groups excluding carboxylic acids is 1. The Kier molecular flexibility index (Phi) is 4.59. The maximum absolute atomic E-state index is 11.7. The minimum atomic E-state index is -0.511. The lowest BCUT2D eigenvalue weighted by Gasteiger charge is -2.19. The summed E-state index contributed by atoms with van der Waals surface area (Å²) in [5.41, 5.74) is 1.23. The maximum Gasteiger partial charge on any atom is 0.412 e. The quantitative estimate of drug-likeness (QED) is 0.912. The van der Waals surface area contributed by atoms with Crippen LogP contribution in [-0.4, -0.2) is 43.3 Å². The molecule has 0 saturated heterocycles. The second-order valence-corrected chi connectivity index (χ2v) is 6.38. The Morgan fingerprint density at radius 1 is 1.32 bits per heavy atom. The number of aliphatic imine (C=N–C) groups is 1. The van der Waals surface area contributed by atoms with Crippen molar-refractivity contribution >= 4 is 17.8 Å². The zero-order valence-electron chi connectivity index (χ0n) is 13.7. The van der Waals surface area contributed by atoms with Crippen molar-refractivity contribution < 1.29 is 14.3 Å². The van der Waals surface area contributed by atoms with Crippen LogP contribution >= 0.6 is 0 Å². The van der Waals surface area contributed by atoms with E-state index in [2.05, 4.69) is 10.3 Å². The molecule has 0 saturated carbocycles. The molecule has 120 valence electrons. The normalized spacial score (nSPS) is 17.5. The van der Waals surface area contributed by atoms with Gasteiger partial charge in [0.1, 0.15) is 18.2 Å². The molecule has 1 aliphatic heterocycles. The molecule has 1 heterocycles. The van der Waals surface area contributed by atoms with Crippen molar-refractivity contribution in [2.45, 2.75) is 32.4 Å². The summed E-state index contributed by atoms with van der Waals surface area (Å²) in [6, 6.07) is 8.17. The molecule has 1 aliphatic rings. The van der Waals surface area contributed by atoms with Gasteiger partial charge in [-0.05, 0) is 38.5 Å². The molecule has 0 spiro atoms. The summed E-state index contributed by atoms with van der Waals surface area (Å²) in [7, 11) is 3.80. The first kappa shape index (κ1) is 16.1. The van der Waals surface area contributed by atoms with Crippen LogP contribution in [0.1, 0.15) is 32.4 Å². The third-order valence-electron chi connectivity index (χ3n) is 2.96. The standard InChI is InChI=1S/C16H23N3O3/c1-16(2,3)22-15(20)17-12-8-6-11(7-9-12)13-10-21-14(18-13)19(4)5/h6-9,13H,10H2,1-5H3,(H,17,20). The summed E-state index contributed by atoms with van der Waals surface area (Å²) in [4.78, 5) is 18.1. The fraction of sp³-hybridized carbons (Fsp3) is 0.500. The number of carbonyl (C=O) groups is 1. The Morgan fingerprint density at radius 2 is 1.95 bits per heavy atom. The first-order chi connectivity index (χ1) is 10.2. The molecule has 0 bridgehead atoms. The summed E-state index contributed by atoms with van der Waals surface area (Å²) in [6.45, 7) is 6.02. The summed E-state index contributed by atoms with van der Waals surface area (Å²) >= 11 is 0. The zero-order chi connectivity index (χ0) is 16.3. The van der Waals surface area contributed by atoms with Crippen molar-refractivity contribution in [3.63, 3.8) is 0 Å². The molecule has 1 atom stereocenters. The molecule has 1 aromatic rings. The third kappa shape index (κ3) is 4.38. The van der Waals surface area contributed by atoms with E-state index in [1.165, 1.54) is 0 Å². The molecule has 22 heavy (non-hydrogen) atoms. The summed E-state index contributed by atoms with van der Waals surface area (Å²) in [6.07, 6.45) is -0.461. The zero-order valence-corrected chi connectivity index (χ0v) is 13.7. The molecule has 0 aromatic heterocycles. The van der Waals surface area contributed by atoms with E-state index in [0.717, 1.165) is 5.56 Å². The second kappa shape index (κ2) is 6.25. The summed E-state index contributed by atoms with van der Waals surface area (Å²) in [5.74, 6) is 0. The molecular formula is C16H23N3O3. The highest BCUT2D eigenvalue weighted by molar-refractivity contribution is 5.84. The van der Waals surface area contributed by atoms with Gasteiger partial charge in [-0.2, -0.15) is 0 Å². The molecule has 6 nitrogen and oxygen atoms in total. The van der Waals surface area contributed by atoms with Gasteiger partial charge in [0, 0.05) is 19.8 Å². The van der Waals surface area contributed by atoms with Crippen LogP contribution in [0, 0.1) is 0 Å². The van der Waals surface area contributed by atoms with Crippen LogP contribution in [0.3, 0.4) is 0 Å². The number of benzene rings is 1. The predicted octanol–water partition coefficient (Wildman–Crippen LogP) is 3.02. The Bertz CT molecular complexity index is 559. The van der Waals surface area contributed by atoms with Crippen LogP contribution in [0.15, 0.2) is 29.3 Å². The van der Waals surface area contributed by atoms with Gasteiger partial charge in [-0.1, -0.05) is 12.1 Å². The van der Waals surface area contributed by atoms with Crippen molar-refractivity contribution in [2.24, 2.45) is 4.99 Å². The number of rotatable bonds is 2. The molecule has 1 amide bonds. The lowest BCUT2D eigenvalue weighted by Crippen LogP contribution is -2.27. The number of amidine groups is 1. The van der Waals surface area contributed by atoms with Gasteiger partial charge in [-0.3, -0.25) is 5.32 Å². The van der Waals surface area contributed by atoms with Gasteiger partial charge in [0.25, 0.3) is 6.02 Å². The number of nitrogens with one attached hydrogen (secondary N) is 1. The van der Waals surface area contributed by atoms with Gasteiger partial charge in [0.2, 0.25) is 0 Å². The van der Waals surface area contributed by atoms with Gasteiger partial charge in [0.05, 0.1) is 0 Å². The highest BCUT2D eigenvalue weighted by atomic mass is 16.6. The molecule has 0 radical (unpaired) electrons. The average Bonchev–Trinajstić information content (AvgIpc) is 2.87. The topological polar surface area (TPSA) is 63.2 Å². The Morgan fingerprint density at radius 3 is 2.45 bits per heavy atom. The highest BCUT2D eigenvalue weighted by Crippen LogP contribution is 2.24. The molecule has 1 N–H and O–H groups in total. The van der Waals surface area contributed by atoms with E-state index in [0.29, 0.717) is 18.3 Å². The van der Waals surface area contributed by atoms with Crippen molar-refractivity contribution in [1.82, 2.24) is 4.90 Å². The van der Waals surface area contributed by atoms with Crippen molar-refractivity contribution in [1.29, 1.82) is 0 Å². The minimum Gasteiger partial charge on any atom is -0.463 e. The van der Waals surface area contributed by atoms with Gasteiger partial charge >= 0.3 is 6.09 Å². The Hall–Kier alpha value is -2.24. The van der Waals surface area contributed by atoms with Gasteiger partial charge in [0.15, 0.2) is 0 Å². The fourth-order valence-corrected chi connectivity index (χ4v) is 1.99. The Balaban J connectivity index is 1.98. The SMILES string of the molecule is CN(C)C1=NC(c2ccc(NC(=O)OC(C)(C)C)cc2)CO1. The average molecular weight is 305 g/mol. The van der Waals surface area contributed by atoms with E-state index < -0.39 is 11.7 Å². The highest BCUT2D eigenvalue weighted by Gasteiger charge is 2.22. The van der Waals surface area contributed by atoms with Crippen LogP contribution in [-0.2, 0) is 9.47 Å². The fourth-order valence-electron chi connectivity index (χ4n) is 1.99. The van der Waals surface area contributed by atoms with Crippen LogP contribution < -0.4 is 5.32 Å². The third-order valence-corrected chi connectivity index (χ3v) is 2.96. The van der Waals surface area contributed by atoms with Crippen molar-refractivity contribution in [3.8, 4) is 0 Å². The molecule has 6 heteroatoms. The van der Waals surface area contributed by atoms with Crippen LogP contribution in [0.5, 0.6) is 0 Å². The molecule has 1 unspecified atom stereocenters. The van der Waals surface area contributed by atoms with Crippen LogP contribution in [0.4, 0.5) is 10.5 Å². The van der Waals surface area contributed by atoms with E-state index in [4.69, 9.17) is 9.47 Å². The van der Waals surface area contributed by atoms with Crippen molar-refractivity contribution in [3.05, 3.63) is 29.8 Å². The van der Waals surface area contributed by atoms with Gasteiger partial charge < -0.3 is 14.4 Å². The van der Waals surface area contributed by atoms with Gasteiger partial charge in [-0.25, -0.2) is 9.79 Å². The summed E-state index contributed by atoms with van der Waals surface area (Å²) < 4.78 is 10.7. The maximum atomic E-state index is 11.7. The number of nitrogens with zero attached hydrogens (tertiary/aromatic N) is 2. The predicted molar refractivity (Wildman–Crippen MR) is 86.1 cm³/mol. The number of amides is 1. The monoisotopic (exact) mass is 305 g/mol. The number of anilines is 1. The summed E-state index contributed by atoms with van der Waals surface area (Å²) in [5, 5.41) is 2.71. The smallest absolute Gasteiger partial charge is 0.412 e. The lowest BCUT2D eigenvalue weighted by molar-refractivity contribution is 0.0636. The largest absolute Gasteiger partial charge is 0.463 e. The molecule has 0 aliphatic carbocycles. The van der Waals surface area contributed by atoms with E-state index in [1.807, 2.05) is 64.0 Å². The lowest BCUT2D eigenvalue weighted by atomic mass is 10.1. The Labute approximate surface area is 131 Å². The van der Waals surface area contributed by atoms with Gasteiger partial charge in [-0.15, -0.1) is 0 Å². The number of ether oxygens (including phenoxy) is 2. The number of hydrogen-bond acceptors (Lipinski definition) is 5. The van der Waals surface area contributed by atoms with Crippen molar-refractivity contribution in [2.75, 3.05) is 26.0 Å². The molecule has 2 rings (SSSR count). The molecular weight excluding hydrogens is 282 g/mol.